The minimum absolute atomic E-state index is 0.760. The van der Waals surface area contributed by atoms with Gasteiger partial charge in [0.25, 0.3) is 0 Å². The Balaban J connectivity index is 0.000000152. The molecule has 6 rings (SSSR count). The third-order valence-electron chi connectivity index (χ3n) is 6.03. The van der Waals surface area contributed by atoms with Crippen LogP contribution in [0.15, 0.2) is 106 Å². The summed E-state index contributed by atoms with van der Waals surface area (Å²) in [4.78, 5) is 0.893. The summed E-state index contributed by atoms with van der Waals surface area (Å²) in [5.41, 5.74) is 8.13. The minimum Gasteiger partial charge on any atom is -0.248 e. The minimum atomic E-state index is -1.10. The molecule has 0 bridgehead atoms. The van der Waals surface area contributed by atoms with E-state index in [2.05, 4.69) is 119 Å². The highest BCUT2D eigenvalue weighted by molar-refractivity contribution is 9.13. The van der Waals surface area contributed by atoms with Crippen molar-refractivity contribution in [3.8, 4) is 11.1 Å². The van der Waals surface area contributed by atoms with Crippen LogP contribution in [-0.2, 0) is 10.8 Å². The fourth-order valence-corrected chi connectivity index (χ4v) is 9.01. The first-order valence-corrected chi connectivity index (χ1v) is 16.5. The molecule has 0 N–H and O–H groups in total. The first kappa shape index (κ1) is 27.2. The molecule has 7 heteroatoms. The third kappa shape index (κ3) is 5.68. The third-order valence-corrected chi connectivity index (χ3v) is 11.5. The molecule has 37 heavy (non-hydrogen) atoms. The maximum absolute atomic E-state index is 12.4. The molecule has 1 aliphatic rings. The smallest absolute Gasteiger partial charge is 0.0950 e. The predicted octanol–water partition coefficient (Wildman–Crippen LogP) is 11.4. The fourth-order valence-electron chi connectivity index (χ4n) is 4.23. The second-order valence-electron chi connectivity index (χ2n) is 8.68. The Bertz CT molecular complexity index is 1680. The lowest BCUT2D eigenvalue weighted by molar-refractivity contribution is 0.688. The quantitative estimate of drug-likeness (QED) is 0.174. The van der Waals surface area contributed by atoms with E-state index in [4.69, 9.17) is 0 Å². The van der Waals surface area contributed by atoms with Crippen molar-refractivity contribution >= 4 is 102 Å². The number of benzene rings is 4. The first-order chi connectivity index (χ1) is 17.7. The SMILES string of the molecule is Cc1ccc2c(-c3ccc(Br)cc3)c(Br)sc2c1.Cc1ccc2c(c1)S(=O)C(Br)=C2c1ccc(Br)cc1. The van der Waals surface area contributed by atoms with Crippen LogP contribution in [0.2, 0.25) is 0 Å². The van der Waals surface area contributed by atoms with Crippen LogP contribution in [0.3, 0.4) is 0 Å². The maximum atomic E-state index is 12.4. The Morgan fingerprint density at radius 1 is 0.676 bits per heavy atom. The molecule has 0 saturated carbocycles. The number of fused-ring (bicyclic) bond motifs is 2. The van der Waals surface area contributed by atoms with Crippen molar-refractivity contribution in [1.29, 1.82) is 0 Å². The van der Waals surface area contributed by atoms with E-state index >= 15 is 0 Å². The van der Waals surface area contributed by atoms with Gasteiger partial charge in [-0.25, -0.2) is 4.21 Å². The van der Waals surface area contributed by atoms with E-state index < -0.39 is 10.8 Å². The van der Waals surface area contributed by atoms with E-state index in [1.165, 1.54) is 30.6 Å². The van der Waals surface area contributed by atoms with Gasteiger partial charge in [-0.2, -0.15) is 0 Å². The van der Waals surface area contributed by atoms with E-state index in [-0.39, 0.29) is 0 Å². The molecular weight excluding hydrogens is 760 g/mol. The van der Waals surface area contributed by atoms with Gasteiger partial charge in [0, 0.05) is 35.7 Å². The summed E-state index contributed by atoms with van der Waals surface area (Å²) < 4.78 is 17.8. The lowest BCUT2D eigenvalue weighted by Gasteiger charge is -2.06. The van der Waals surface area contributed by atoms with E-state index in [1.54, 1.807) is 11.3 Å². The lowest BCUT2D eigenvalue weighted by atomic mass is 9.99. The average molecular weight is 780 g/mol. The Labute approximate surface area is 257 Å². The van der Waals surface area contributed by atoms with Crippen molar-refractivity contribution in [2.75, 3.05) is 0 Å². The van der Waals surface area contributed by atoms with Crippen molar-refractivity contribution in [2.45, 2.75) is 18.7 Å². The number of hydrogen-bond acceptors (Lipinski definition) is 2. The summed E-state index contributed by atoms with van der Waals surface area (Å²) in [6, 6.07) is 29.3. The van der Waals surface area contributed by atoms with E-state index in [0.717, 1.165) is 39.9 Å². The fraction of sp³-hybridized carbons (Fsp3) is 0.0667. The van der Waals surface area contributed by atoms with Crippen molar-refractivity contribution in [2.24, 2.45) is 0 Å². The second kappa shape index (κ2) is 11.4. The number of aryl methyl sites for hydroxylation is 2. The second-order valence-corrected chi connectivity index (χ2v) is 15.6. The number of halogens is 4. The van der Waals surface area contributed by atoms with Crippen LogP contribution >= 0.6 is 75.1 Å². The van der Waals surface area contributed by atoms with Crippen molar-refractivity contribution in [3.63, 3.8) is 0 Å². The predicted molar refractivity (Wildman–Crippen MR) is 174 cm³/mol. The van der Waals surface area contributed by atoms with Crippen molar-refractivity contribution in [3.05, 3.63) is 124 Å². The summed E-state index contributed by atoms with van der Waals surface area (Å²) in [6.07, 6.45) is 0. The monoisotopic (exact) mass is 776 g/mol. The van der Waals surface area contributed by atoms with E-state index in [0.29, 0.717) is 0 Å². The molecule has 1 aliphatic heterocycles. The molecule has 0 spiro atoms. The molecule has 0 radical (unpaired) electrons. The van der Waals surface area contributed by atoms with Crippen LogP contribution in [0.1, 0.15) is 22.3 Å². The maximum Gasteiger partial charge on any atom is 0.0950 e. The average Bonchev–Trinajstić information content (AvgIpc) is 3.33. The van der Waals surface area contributed by atoms with Crippen LogP contribution in [-0.4, -0.2) is 4.21 Å². The lowest BCUT2D eigenvalue weighted by Crippen LogP contribution is -1.88. The van der Waals surface area contributed by atoms with Gasteiger partial charge in [0.1, 0.15) is 0 Å². The van der Waals surface area contributed by atoms with Crippen molar-refractivity contribution in [1.82, 2.24) is 0 Å². The molecule has 1 aromatic heterocycles. The zero-order chi connectivity index (χ0) is 26.3. The molecule has 0 saturated heterocycles. The summed E-state index contributed by atoms with van der Waals surface area (Å²) in [5, 5.41) is 1.32. The van der Waals surface area contributed by atoms with Crippen LogP contribution < -0.4 is 0 Å². The molecule has 5 aromatic rings. The van der Waals surface area contributed by atoms with Gasteiger partial charge in [0.05, 0.1) is 23.3 Å². The highest BCUT2D eigenvalue weighted by Crippen LogP contribution is 2.44. The molecule has 1 unspecified atom stereocenters. The molecule has 1 atom stereocenters. The number of rotatable bonds is 2. The molecule has 2 heterocycles. The zero-order valence-corrected chi connectivity index (χ0v) is 27.8. The normalized spacial score (nSPS) is 14.5. The van der Waals surface area contributed by atoms with E-state index in [9.17, 15) is 4.21 Å². The Morgan fingerprint density at radius 2 is 1.24 bits per heavy atom. The number of thiophene rings is 1. The molecule has 4 aromatic carbocycles. The molecular formula is C30H20Br4OS2. The van der Waals surface area contributed by atoms with Crippen LogP contribution in [0.5, 0.6) is 0 Å². The van der Waals surface area contributed by atoms with Crippen LogP contribution in [0.25, 0.3) is 26.8 Å². The summed E-state index contributed by atoms with van der Waals surface area (Å²) in [6.45, 7) is 4.15. The van der Waals surface area contributed by atoms with Gasteiger partial charge < -0.3 is 0 Å². The zero-order valence-electron chi connectivity index (χ0n) is 19.8. The highest BCUT2D eigenvalue weighted by atomic mass is 79.9. The Morgan fingerprint density at radius 3 is 1.89 bits per heavy atom. The van der Waals surface area contributed by atoms with Gasteiger partial charge >= 0.3 is 0 Å². The largest absolute Gasteiger partial charge is 0.248 e. The standard InChI is InChI=1S/C15H10Br2OS.C15H10Br2S/c1-9-2-7-12-13(8-9)19(18)15(17)14(12)10-3-5-11(16)6-4-10;1-9-2-7-12-13(8-9)18-15(17)14(12)10-3-5-11(16)6-4-10/h2-8H,1H3;2-8H,1H3. The molecule has 1 nitrogen and oxygen atoms in total. The van der Waals surface area contributed by atoms with Gasteiger partial charge in [-0.1, -0.05) is 80.4 Å². The highest BCUT2D eigenvalue weighted by Gasteiger charge is 2.27. The Kier molecular flexibility index (Phi) is 8.39. The van der Waals surface area contributed by atoms with Gasteiger partial charge in [0.15, 0.2) is 0 Å². The van der Waals surface area contributed by atoms with Gasteiger partial charge in [-0.05, 0) is 104 Å². The number of hydrogen-bond donors (Lipinski definition) is 0. The van der Waals surface area contributed by atoms with Crippen molar-refractivity contribution < 1.29 is 4.21 Å². The topological polar surface area (TPSA) is 17.1 Å². The van der Waals surface area contributed by atoms with E-state index in [1.807, 2.05) is 43.3 Å². The van der Waals surface area contributed by atoms with Crippen LogP contribution in [0.4, 0.5) is 0 Å². The summed E-state index contributed by atoms with van der Waals surface area (Å²) >= 11 is 15.9. The summed E-state index contributed by atoms with van der Waals surface area (Å²) in [7, 11) is -1.10. The molecule has 0 fully saturated rings. The van der Waals surface area contributed by atoms with Gasteiger partial charge in [0.2, 0.25) is 0 Å². The molecule has 0 amide bonds. The Hall–Kier alpha value is -1.35. The molecule has 186 valence electrons. The summed E-state index contributed by atoms with van der Waals surface area (Å²) in [5.74, 6) is 0. The first-order valence-electron chi connectivity index (χ1n) is 11.4. The van der Waals surface area contributed by atoms with Gasteiger partial charge in [-0.15, -0.1) is 11.3 Å². The van der Waals surface area contributed by atoms with Gasteiger partial charge in [-0.3, -0.25) is 0 Å². The molecule has 0 aliphatic carbocycles. The van der Waals surface area contributed by atoms with Crippen LogP contribution in [0, 0.1) is 13.8 Å².